The lowest BCUT2D eigenvalue weighted by atomic mass is 10.1. The van der Waals surface area contributed by atoms with E-state index in [2.05, 4.69) is 20.1 Å². The maximum Gasteiger partial charge on any atom is 0.433 e. The minimum atomic E-state index is -4.55. The molecule has 0 radical (unpaired) electrons. The molecule has 0 aliphatic rings. The Labute approximate surface area is 221 Å². The molecule has 39 heavy (non-hydrogen) atoms. The molecule has 9 nitrogen and oxygen atoms in total. The molecule has 2 aromatic carbocycles. The smallest absolute Gasteiger partial charge is 0.433 e. The Bertz CT molecular complexity index is 1930. The van der Waals surface area contributed by atoms with E-state index in [1.165, 1.54) is 16.9 Å². The Morgan fingerprint density at radius 3 is 2.64 bits per heavy atom. The van der Waals surface area contributed by atoms with Crippen molar-refractivity contribution in [3.8, 4) is 17.1 Å². The molecule has 0 saturated heterocycles. The van der Waals surface area contributed by atoms with E-state index in [1.807, 2.05) is 24.3 Å². The highest BCUT2D eigenvalue weighted by molar-refractivity contribution is 7.26. The Kier molecular flexibility index (Phi) is 5.68. The van der Waals surface area contributed by atoms with Crippen molar-refractivity contribution in [1.29, 1.82) is 0 Å². The van der Waals surface area contributed by atoms with E-state index in [4.69, 9.17) is 4.74 Å². The number of benzene rings is 2. The van der Waals surface area contributed by atoms with Gasteiger partial charge in [0.2, 0.25) is 0 Å². The van der Waals surface area contributed by atoms with Crippen LogP contribution in [0.25, 0.3) is 37.5 Å². The fraction of sp³-hybridized carbons (Fsp3) is 0.154. The molecule has 0 spiro atoms. The quantitative estimate of drug-likeness (QED) is 0.174. The SMILES string of the molecule is Cc1cc(OCc2cccc(-c3nc4c5sc6nc(C(F)(F)F)cc(C)c6c5ncn4n3)c2)ccc1[N+](=O)[O-]. The first kappa shape index (κ1) is 24.7. The van der Waals surface area contributed by atoms with Crippen molar-refractivity contribution in [2.45, 2.75) is 26.6 Å². The highest BCUT2D eigenvalue weighted by Crippen LogP contribution is 2.38. The third-order valence-electron chi connectivity index (χ3n) is 6.21. The number of alkyl halides is 3. The van der Waals surface area contributed by atoms with Gasteiger partial charge in [-0.2, -0.15) is 13.2 Å². The number of hydrogen-bond donors (Lipinski definition) is 0. The number of thiophene rings is 1. The summed E-state index contributed by atoms with van der Waals surface area (Å²) >= 11 is 1.10. The predicted molar refractivity (Wildman–Crippen MR) is 139 cm³/mol. The fourth-order valence-corrected chi connectivity index (χ4v) is 5.55. The lowest BCUT2D eigenvalue weighted by molar-refractivity contribution is -0.385. The highest BCUT2D eigenvalue weighted by atomic mass is 32.1. The lowest BCUT2D eigenvalue weighted by Gasteiger charge is -2.08. The second kappa shape index (κ2) is 8.98. The number of aryl methyl sites for hydroxylation is 2. The molecule has 0 saturated carbocycles. The zero-order chi connectivity index (χ0) is 27.5. The van der Waals surface area contributed by atoms with Crippen LogP contribution in [-0.2, 0) is 12.8 Å². The molecule has 0 bridgehead atoms. The summed E-state index contributed by atoms with van der Waals surface area (Å²) in [6.07, 6.45) is -3.06. The molecule has 0 aliphatic heterocycles. The zero-order valence-electron chi connectivity index (χ0n) is 20.4. The van der Waals surface area contributed by atoms with Crippen molar-refractivity contribution in [3.63, 3.8) is 0 Å². The Morgan fingerprint density at radius 1 is 1.08 bits per heavy atom. The van der Waals surface area contributed by atoms with E-state index in [9.17, 15) is 23.3 Å². The summed E-state index contributed by atoms with van der Waals surface area (Å²) in [4.78, 5) is 23.8. The van der Waals surface area contributed by atoms with Crippen LogP contribution in [0, 0.1) is 24.0 Å². The molecule has 4 aromatic heterocycles. The number of hydrogen-bond acceptors (Lipinski definition) is 8. The predicted octanol–water partition coefficient (Wildman–Crippen LogP) is 6.68. The zero-order valence-corrected chi connectivity index (χ0v) is 21.2. The molecule has 0 unspecified atom stereocenters. The molecule has 4 heterocycles. The van der Waals surface area contributed by atoms with Gasteiger partial charge in [0.05, 0.1) is 10.4 Å². The van der Waals surface area contributed by atoms with Gasteiger partial charge in [-0.25, -0.2) is 19.5 Å². The Hall–Kier alpha value is -4.65. The maximum absolute atomic E-state index is 13.3. The molecule has 0 atom stereocenters. The number of pyridine rings is 1. The van der Waals surface area contributed by atoms with Crippen LogP contribution in [0.15, 0.2) is 54.9 Å². The van der Waals surface area contributed by atoms with Gasteiger partial charge in [0.15, 0.2) is 11.5 Å². The van der Waals surface area contributed by atoms with Crippen LogP contribution in [0.5, 0.6) is 5.75 Å². The summed E-state index contributed by atoms with van der Waals surface area (Å²) in [5, 5.41) is 16.1. The number of nitrogens with zero attached hydrogens (tertiary/aromatic N) is 6. The van der Waals surface area contributed by atoms with E-state index in [1.54, 1.807) is 26.0 Å². The average Bonchev–Trinajstić information content (AvgIpc) is 3.49. The molecule has 196 valence electrons. The number of aromatic nitrogens is 5. The van der Waals surface area contributed by atoms with Crippen LogP contribution >= 0.6 is 11.3 Å². The van der Waals surface area contributed by atoms with Crippen molar-refractivity contribution >= 4 is 43.1 Å². The molecule has 0 amide bonds. The third-order valence-corrected chi connectivity index (χ3v) is 7.28. The summed E-state index contributed by atoms with van der Waals surface area (Å²) in [5.41, 5.74) is 2.55. The van der Waals surface area contributed by atoms with E-state index < -0.39 is 16.8 Å². The molecular weight excluding hydrogens is 533 g/mol. The van der Waals surface area contributed by atoms with Crippen molar-refractivity contribution in [2.75, 3.05) is 0 Å². The fourth-order valence-electron chi connectivity index (χ4n) is 4.37. The topological polar surface area (TPSA) is 108 Å². The van der Waals surface area contributed by atoms with Crippen LogP contribution in [0.4, 0.5) is 18.9 Å². The molecule has 0 N–H and O–H groups in total. The van der Waals surface area contributed by atoms with Gasteiger partial charge in [-0.1, -0.05) is 18.2 Å². The monoisotopic (exact) mass is 550 g/mol. The summed E-state index contributed by atoms with van der Waals surface area (Å²) < 4.78 is 47.8. The second-order valence-electron chi connectivity index (χ2n) is 8.92. The summed E-state index contributed by atoms with van der Waals surface area (Å²) in [6, 6.07) is 13.0. The van der Waals surface area contributed by atoms with Gasteiger partial charge < -0.3 is 4.74 Å². The van der Waals surface area contributed by atoms with Crippen LogP contribution in [0.1, 0.15) is 22.4 Å². The summed E-state index contributed by atoms with van der Waals surface area (Å²) in [6.45, 7) is 3.47. The first-order chi connectivity index (χ1) is 18.6. The first-order valence-corrected chi connectivity index (χ1v) is 12.4. The number of fused-ring (bicyclic) bond motifs is 5. The molecule has 6 aromatic rings. The van der Waals surface area contributed by atoms with Gasteiger partial charge in [0.1, 0.15) is 33.9 Å². The van der Waals surface area contributed by atoms with Crippen LogP contribution in [-0.4, -0.2) is 29.5 Å². The normalized spacial score (nSPS) is 12.0. The van der Waals surface area contributed by atoms with E-state index in [-0.39, 0.29) is 17.1 Å². The standard InChI is InChI=1S/C26H17F3N6O3S/c1-13-8-17(6-7-18(13)35(36)37)38-11-15-4-3-5-16(10-15)23-32-24-22-21(30-12-34(24)33-23)20-14(2)9-19(26(27,28)29)31-25(20)39-22/h3-10,12H,11H2,1-2H3. The Morgan fingerprint density at radius 2 is 1.90 bits per heavy atom. The van der Waals surface area contributed by atoms with Gasteiger partial charge in [-0.15, -0.1) is 16.4 Å². The molecule has 0 fully saturated rings. The first-order valence-electron chi connectivity index (χ1n) is 11.6. The average molecular weight is 551 g/mol. The summed E-state index contributed by atoms with van der Waals surface area (Å²) in [5.74, 6) is 0.917. The van der Waals surface area contributed by atoms with E-state index >= 15 is 0 Å². The maximum atomic E-state index is 13.3. The number of rotatable bonds is 5. The number of ether oxygens (including phenoxy) is 1. The van der Waals surface area contributed by atoms with Crippen molar-refractivity contribution < 1.29 is 22.8 Å². The minimum Gasteiger partial charge on any atom is -0.489 e. The van der Waals surface area contributed by atoms with Gasteiger partial charge in [-0.05, 0) is 49.2 Å². The second-order valence-corrected chi connectivity index (χ2v) is 9.92. The largest absolute Gasteiger partial charge is 0.489 e. The van der Waals surface area contributed by atoms with Crippen LogP contribution in [0.2, 0.25) is 0 Å². The van der Waals surface area contributed by atoms with Gasteiger partial charge in [0.25, 0.3) is 5.69 Å². The lowest BCUT2D eigenvalue weighted by Crippen LogP contribution is -2.07. The number of nitro benzene ring substituents is 1. The minimum absolute atomic E-state index is 0.0243. The third kappa shape index (κ3) is 4.40. The highest BCUT2D eigenvalue weighted by Gasteiger charge is 2.33. The van der Waals surface area contributed by atoms with Gasteiger partial charge in [-0.3, -0.25) is 10.1 Å². The van der Waals surface area contributed by atoms with E-state index in [0.717, 1.165) is 23.0 Å². The molecule has 6 rings (SSSR count). The van der Waals surface area contributed by atoms with Gasteiger partial charge >= 0.3 is 6.18 Å². The molecular formula is C26H17F3N6O3S. The molecule has 0 aliphatic carbocycles. The number of nitro groups is 1. The van der Waals surface area contributed by atoms with Crippen molar-refractivity contribution in [2.24, 2.45) is 0 Å². The van der Waals surface area contributed by atoms with Gasteiger partial charge in [0, 0.05) is 22.6 Å². The van der Waals surface area contributed by atoms with Crippen molar-refractivity contribution in [3.05, 3.63) is 87.4 Å². The van der Waals surface area contributed by atoms with Crippen molar-refractivity contribution in [1.82, 2.24) is 24.6 Å². The van der Waals surface area contributed by atoms with Crippen LogP contribution in [0.3, 0.4) is 0 Å². The van der Waals surface area contributed by atoms with Crippen LogP contribution < -0.4 is 4.74 Å². The summed E-state index contributed by atoms with van der Waals surface area (Å²) in [7, 11) is 0. The van der Waals surface area contributed by atoms with E-state index in [0.29, 0.717) is 49.5 Å². The number of halogens is 3. The molecule has 13 heteroatoms. The Balaban J connectivity index is 1.33.